The summed E-state index contributed by atoms with van der Waals surface area (Å²) in [5.41, 5.74) is 4.70. The third-order valence-electron chi connectivity index (χ3n) is 3.47. The Bertz CT molecular complexity index is 484. The predicted octanol–water partition coefficient (Wildman–Crippen LogP) is 3.22. The molecule has 0 amide bonds. The molecular weight excluding hydrogens is 198 g/mol. The van der Waals surface area contributed by atoms with Crippen molar-refractivity contribution in [2.45, 2.75) is 46.1 Å². The number of nitriles is 1. The number of fused-ring (bicyclic) bond motifs is 1. The molecule has 0 fully saturated rings. The summed E-state index contributed by atoms with van der Waals surface area (Å²) in [4.78, 5) is 0. The summed E-state index contributed by atoms with van der Waals surface area (Å²) in [6.45, 7) is 8.33. The van der Waals surface area contributed by atoms with Crippen LogP contribution in [0.5, 0.6) is 5.75 Å². The maximum Gasteiger partial charge on any atom is 0.126 e. The lowest BCUT2D eigenvalue weighted by Gasteiger charge is -2.20. The molecular formula is C14H17NO. The Morgan fingerprint density at radius 2 is 2.06 bits per heavy atom. The second-order valence-electron chi connectivity index (χ2n) is 5.01. The van der Waals surface area contributed by atoms with Gasteiger partial charge in [-0.3, -0.25) is 0 Å². The molecule has 2 nitrogen and oxygen atoms in total. The van der Waals surface area contributed by atoms with Crippen LogP contribution in [-0.2, 0) is 6.42 Å². The number of nitrogens with zero attached hydrogens (tertiary/aromatic N) is 1. The van der Waals surface area contributed by atoms with Crippen LogP contribution in [0.2, 0.25) is 0 Å². The van der Waals surface area contributed by atoms with Crippen LogP contribution < -0.4 is 4.74 Å². The first-order valence-electron chi connectivity index (χ1n) is 5.62. The summed E-state index contributed by atoms with van der Waals surface area (Å²) < 4.78 is 6.00. The van der Waals surface area contributed by atoms with Crippen LogP contribution >= 0.6 is 0 Å². The monoisotopic (exact) mass is 215 g/mol. The first-order valence-corrected chi connectivity index (χ1v) is 5.62. The number of aryl methyl sites for hydroxylation is 2. The van der Waals surface area contributed by atoms with Crippen molar-refractivity contribution in [3.8, 4) is 11.8 Å². The molecule has 1 aliphatic rings. The molecule has 1 heterocycles. The van der Waals surface area contributed by atoms with Crippen molar-refractivity contribution in [3.63, 3.8) is 0 Å². The highest BCUT2D eigenvalue weighted by Gasteiger charge is 2.36. The average Bonchev–Trinajstić information content (AvgIpc) is 2.54. The summed E-state index contributed by atoms with van der Waals surface area (Å²) in [6.07, 6.45) is 1.29. The Morgan fingerprint density at radius 3 is 2.69 bits per heavy atom. The van der Waals surface area contributed by atoms with Crippen LogP contribution in [0, 0.1) is 32.1 Å². The van der Waals surface area contributed by atoms with Gasteiger partial charge in [0.15, 0.2) is 0 Å². The Hall–Kier alpha value is -1.49. The van der Waals surface area contributed by atoms with E-state index in [1.807, 2.05) is 6.92 Å². The van der Waals surface area contributed by atoms with E-state index >= 15 is 0 Å². The summed E-state index contributed by atoms with van der Waals surface area (Å²) in [5, 5.41) is 8.83. The second kappa shape index (κ2) is 3.52. The third-order valence-corrected chi connectivity index (χ3v) is 3.47. The summed E-state index contributed by atoms with van der Waals surface area (Å²) in [5.74, 6) is 1.01. The zero-order valence-electron chi connectivity index (χ0n) is 10.3. The molecule has 1 aliphatic heterocycles. The molecule has 0 aromatic heterocycles. The third kappa shape index (κ3) is 1.57. The smallest absolute Gasteiger partial charge is 0.126 e. The lowest BCUT2D eigenvalue weighted by molar-refractivity contribution is 0.121. The van der Waals surface area contributed by atoms with Crippen LogP contribution in [0.25, 0.3) is 0 Å². The zero-order chi connectivity index (χ0) is 11.9. The molecule has 0 saturated heterocycles. The van der Waals surface area contributed by atoms with Gasteiger partial charge in [0.1, 0.15) is 11.4 Å². The quantitative estimate of drug-likeness (QED) is 0.720. The molecule has 2 heteroatoms. The molecule has 1 aromatic rings. The summed E-state index contributed by atoms with van der Waals surface area (Å²) in [7, 11) is 0. The Labute approximate surface area is 96.9 Å². The molecule has 2 rings (SSSR count). The van der Waals surface area contributed by atoms with Gasteiger partial charge < -0.3 is 4.74 Å². The van der Waals surface area contributed by atoms with Crippen LogP contribution in [0.15, 0.2) is 6.07 Å². The predicted molar refractivity (Wildman–Crippen MR) is 63.6 cm³/mol. The topological polar surface area (TPSA) is 33.0 Å². The van der Waals surface area contributed by atoms with Crippen molar-refractivity contribution in [1.82, 2.24) is 0 Å². The fourth-order valence-electron chi connectivity index (χ4n) is 2.38. The minimum atomic E-state index is -0.333. The van der Waals surface area contributed by atoms with Gasteiger partial charge in [-0.1, -0.05) is 6.07 Å². The van der Waals surface area contributed by atoms with Crippen molar-refractivity contribution < 1.29 is 4.74 Å². The van der Waals surface area contributed by atoms with E-state index < -0.39 is 0 Å². The SMILES string of the molecule is Cc1cc(C)c2c(c1C)O[C@](C)(CC#N)C2. The van der Waals surface area contributed by atoms with E-state index in [1.165, 1.54) is 22.3 Å². The van der Waals surface area contributed by atoms with Gasteiger partial charge in [0.25, 0.3) is 0 Å². The van der Waals surface area contributed by atoms with E-state index in [0.717, 1.165) is 12.2 Å². The molecule has 0 bridgehead atoms. The van der Waals surface area contributed by atoms with Crippen molar-refractivity contribution in [2.24, 2.45) is 0 Å². The molecule has 0 N–H and O–H groups in total. The van der Waals surface area contributed by atoms with E-state index in [0.29, 0.717) is 6.42 Å². The molecule has 0 unspecified atom stereocenters. The number of hydrogen-bond donors (Lipinski definition) is 0. The molecule has 1 aromatic carbocycles. The van der Waals surface area contributed by atoms with E-state index in [2.05, 4.69) is 32.9 Å². The first-order chi connectivity index (χ1) is 7.47. The number of ether oxygens (including phenoxy) is 1. The second-order valence-corrected chi connectivity index (χ2v) is 5.01. The van der Waals surface area contributed by atoms with Gasteiger partial charge in [0, 0.05) is 12.0 Å². The van der Waals surface area contributed by atoms with Gasteiger partial charge in [-0.15, -0.1) is 0 Å². The lowest BCUT2D eigenvalue weighted by atomic mass is 9.92. The maximum atomic E-state index is 8.83. The number of hydrogen-bond acceptors (Lipinski definition) is 2. The Kier molecular flexibility index (Phi) is 2.42. The fourth-order valence-corrected chi connectivity index (χ4v) is 2.38. The van der Waals surface area contributed by atoms with Gasteiger partial charge in [-0.05, 0) is 44.4 Å². The molecule has 84 valence electrons. The molecule has 0 aliphatic carbocycles. The van der Waals surface area contributed by atoms with Gasteiger partial charge in [-0.25, -0.2) is 0 Å². The highest BCUT2D eigenvalue weighted by atomic mass is 16.5. The zero-order valence-corrected chi connectivity index (χ0v) is 10.3. The summed E-state index contributed by atoms with van der Waals surface area (Å²) in [6, 6.07) is 4.42. The maximum absolute atomic E-state index is 8.83. The van der Waals surface area contributed by atoms with Crippen molar-refractivity contribution in [3.05, 3.63) is 28.3 Å². The van der Waals surface area contributed by atoms with Gasteiger partial charge in [0.2, 0.25) is 0 Å². The van der Waals surface area contributed by atoms with E-state index in [1.54, 1.807) is 0 Å². The molecule has 1 atom stereocenters. The van der Waals surface area contributed by atoms with Crippen molar-refractivity contribution >= 4 is 0 Å². The standard InChI is InChI=1S/C14H17NO/c1-9-7-10(2)12-8-14(4,5-6-15)16-13(12)11(9)3/h7H,5,8H2,1-4H3/t14-/m1/s1. The van der Waals surface area contributed by atoms with Gasteiger partial charge in [0.05, 0.1) is 12.5 Å². The van der Waals surface area contributed by atoms with E-state index in [-0.39, 0.29) is 5.60 Å². The van der Waals surface area contributed by atoms with E-state index in [9.17, 15) is 0 Å². The minimum absolute atomic E-state index is 0.333. The number of rotatable bonds is 1. The normalized spacial score (nSPS) is 22.4. The highest BCUT2D eigenvalue weighted by molar-refractivity contribution is 5.53. The molecule has 0 radical (unpaired) electrons. The minimum Gasteiger partial charge on any atom is -0.486 e. The number of benzene rings is 1. The van der Waals surface area contributed by atoms with Crippen LogP contribution in [0.4, 0.5) is 0 Å². The molecule has 16 heavy (non-hydrogen) atoms. The highest BCUT2D eigenvalue weighted by Crippen LogP contribution is 2.41. The lowest BCUT2D eigenvalue weighted by Crippen LogP contribution is -2.29. The van der Waals surface area contributed by atoms with Crippen molar-refractivity contribution in [2.75, 3.05) is 0 Å². The fraction of sp³-hybridized carbons (Fsp3) is 0.500. The van der Waals surface area contributed by atoms with Crippen molar-refractivity contribution in [1.29, 1.82) is 5.26 Å². The van der Waals surface area contributed by atoms with Crippen LogP contribution in [-0.4, -0.2) is 5.60 Å². The van der Waals surface area contributed by atoms with Gasteiger partial charge >= 0.3 is 0 Å². The first kappa shape index (κ1) is 11.0. The van der Waals surface area contributed by atoms with E-state index in [4.69, 9.17) is 10.00 Å². The Balaban J connectivity index is 2.49. The molecule has 0 saturated carbocycles. The van der Waals surface area contributed by atoms with Crippen LogP contribution in [0.3, 0.4) is 0 Å². The molecule has 0 spiro atoms. The van der Waals surface area contributed by atoms with Gasteiger partial charge in [-0.2, -0.15) is 5.26 Å². The van der Waals surface area contributed by atoms with Crippen LogP contribution in [0.1, 0.15) is 35.6 Å². The largest absolute Gasteiger partial charge is 0.486 e. The summed E-state index contributed by atoms with van der Waals surface area (Å²) >= 11 is 0. The Morgan fingerprint density at radius 1 is 1.38 bits per heavy atom. The average molecular weight is 215 g/mol.